The largest absolute Gasteiger partial charge is 0.454 e. The van der Waals surface area contributed by atoms with Gasteiger partial charge < -0.3 is 14.4 Å². The molecule has 0 amide bonds. The number of halogens is 4. The van der Waals surface area contributed by atoms with Crippen LogP contribution in [0.5, 0.6) is 11.5 Å². The van der Waals surface area contributed by atoms with E-state index >= 15 is 0 Å². The van der Waals surface area contributed by atoms with Crippen molar-refractivity contribution in [2.24, 2.45) is 0 Å². The predicted molar refractivity (Wildman–Crippen MR) is 135 cm³/mol. The van der Waals surface area contributed by atoms with E-state index in [0.717, 1.165) is 54.2 Å². The Bertz CT molecular complexity index is 1470. The van der Waals surface area contributed by atoms with Gasteiger partial charge in [0.1, 0.15) is 5.82 Å². The van der Waals surface area contributed by atoms with Crippen LogP contribution >= 0.6 is 11.6 Å². The van der Waals surface area contributed by atoms with Gasteiger partial charge in [0.15, 0.2) is 17.3 Å². The predicted octanol–water partition coefficient (Wildman–Crippen LogP) is 6.02. The normalized spacial score (nSPS) is 15.9. The van der Waals surface area contributed by atoms with E-state index in [4.69, 9.17) is 26.1 Å². The van der Waals surface area contributed by atoms with Gasteiger partial charge in [0.25, 0.3) is 0 Å². The molecule has 0 radical (unpaired) electrons. The molecule has 3 aromatic carbocycles. The minimum absolute atomic E-state index is 0.247. The Hall–Kier alpha value is -3.56. The van der Waals surface area contributed by atoms with Crippen molar-refractivity contribution in [3.8, 4) is 22.9 Å². The molecule has 0 bridgehead atoms. The second kappa shape index (κ2) is 9.39. The number of alkyl halides is 3. The van der Waals surface area contributed by atoms with Gasteiger partial charge >= 0.3 is 6.18 Å². The summed E-state index contributed by atoms with van der Waals surface area (Å²) >= 11 is 6.28. The highest BCUT2D eigenvalue weighted by Crippen LogP contribution is 2.35. The van der Waals surface area contributed by atoms with E-state index in [1.54, 1.807) is 24.3 Å². The maximum Gasteiger partial charge on any atom is 0.416 e. The lowest BCUT2D eigenvalue weighted by molar-refractivity contribution is -0.137. The van der Waals surface area contributed by atoms with Crippen LogP contribution < -0.4 is 14.4 Å². The first-order valence-corrected chi connectivity index (χ1v) is 12.2. The highest BCUT2D eigenvalue weighted by molar-refractivity contribution is 6.31. The van der Waals surface area contributed by atoms with E-state index in [1.165, 1.54) is 6.07 Å². The molecule has 10 heteroatoms. The summed E-state index contributed by atoms with van der Waals surface area (Å²) in [6.07, 6.45) is -4.45. The van der Waals surface area contributed by atoms with Gasteiger partial charge in [0, 0.05) is 48.7 Å². The van der Waals surface area contributed by atoms with Gasteiger partial charge in [0.2, 0.25) is 6.79 Å². The average Bonchev–Trinajstić information content (AvgIpc) is 3.36. The van der Waals surface area contributed by atoms with Crippen LogP contribution in [0.3, 0.4) is 0 Å². The number of ether oxygens (including phenoxy) is 2. The molecule has 1 fully saturated rings. The number of rotatable bonds is 4. The zero-order chi connectivity index (χ0) is 25.6. The first kappa shape index (κ1) is 23.8. The second-order valence-electron chi connectivity index (χ2n) is 9.06. The fourth-order valence-corrected chi connectivity index (χ4v) is 4.88. The number of piperazine rings is 1. The van der Waals surface area contributed by atoms with Crippen molar-refractivity contribution in [3.63, 3.8) is 0 Å². The number of fused-ring (bicyclic) bond motifs is 2. The molecule has 1 aromatic heterocycles. The standard InChI is InChI=1S/C27H22ClF3N4O2/c28-20-5-6-22-21(14-20)26(33-25(32-22)18-2-1-3-19(13-18)27(29,30)31)35-10-8-34(9-11-35)15-17-4-7-23-24(12-17)37-16-36-23/h1-7,12-14H,8-11,15-16H2. The summed E-state index contributed by atoms with van der Waals surface area (Å²) in [7, 11) is 0. The van der Waals surface area contributed by atoms with Gasteiger partial charge in [-0.1, -0.05) is 29.8 Å². The number of benzene rings is 3. The molecule has 6 rings (SSSR count). The molecule has 0 atom stereocenters. The van der Waals surface area contributed by atoms with Crippen molar-refractivity contribution in [3.05, 3.63) is 76.8 Å². The van der Waals surface area contributed by atoms with Crippen LogP contribution in [0.15, 0.2) is 60.7 Å². The summed E-state index contributed by atoms with van der Waals surface area (Å²) in [5, 5.41) is 1.32. The third kappa shape index (κ3) is 4.89. The van der Waals surface area contributed by atoms with E-state index in [9.17, 15) is 13.2 Å². The van der Waals surface area contributed by atoms with Gasteiger partial charge in [-0.15, -0.1) is 0 Å². The van der Waals surface area contributed by atoms with E-state index in [1.807, 2.05) is 18.2 Å². The molecule has 2 aliphatic heterocycles. The molecule has 37 heavy (non-hydrogen) atoms. The molecule has 1 saturated heterocycles. The second-order valence-corrected chi connectivity index (χ2v) is 9.50. The molecular weight excluding hydrogens is 505 g/mol. The van der Waals surface area contributed by atoms with Crippen LogP contribution in [0, 0.1) is 0 Å². The Morgan fingerprint density at radius 2 is 1.68 bits per heavy atom. The molecular formula is C27H22ClF3N4O2. The quantitative estimate of drug-likeness (QED) is 0.324. The maximum atomic E-state index is 13.3. The van der Waals surface area contributed by atoms with Gasteiger partial charge in [0.05, 0.1) is 11.1 Å². The van der Waals surface area contributed by atoms with Gasteiger partial charge in [-0.3, -0.25) is 4.90 Å². The molecule has 0 aliphatic carbocycles. The van der Waals surface area contributed by atoms with Crippen molar-refractivity contribution in [1.82, 2.24) is 14.9 Å². The zero-order valence-electron chi connectivity index (χ0n) is 19.6. The highest BCUT2D eigenvalue weighted by atomic mass is 35.5. The molecule has 0 spiro atoms. The Morgan fingerprint density at radius 3 is 2.49 bits per heavy atom. The molecule has 4 aromatic rings. The Kier molecular flexibility index (Phi) is 6.04. The van der Waals surface area contributed by atoms with Crippen molar-refractivity contribution < 1.29 is 22.6 Å². The number of anilines is 1. The number of nitrogens with zero attached hydrogens (tertiary/aromatic N) is 4. The van der Waals surface area contributed by atoms with E-state index in [-0.39, 0.29) is 12.6 Å². The molecule has 2 aliphatic rings. The minimum Gasteiger partial charge on any atom is -0.454 e. The molecule has 0 saturated carbocycles. The van der Waals surface area contributed by atoms with Crippen molar-refractivity contribution in [2.75, 3.05) is 37.9 Å². The zero-order valence-corrected chi connectivity index (χ0v) is 20.4. The molecule has 3 heterocycles. The number of hydrogen-bond acceptors (Lipinski definition) is 6. The smallest absolute Gasteiger partial charge is 0.416 e. The summed E-state index contributed by atoms with van der Waals surface area (Å²) in [6.45, 7) is 4.00. The Morgan fingerprint density at radius 1 is 0.865 bits per heavy atom. The molecule has 190 valence electrons. The van der Waals surface area contributed by atoms with Crippen LogP contribution in [-0.4, -0.2) is 47.8 Å². The highest BCUT2D eigenvalue weighted by Gasteiger charge is 2.31. The summed E-state index contributed by atoms with van der Waals surface area (Å²) in [5.41, 5.74) is 1.35. The number of aromatic nitrogens is 2. The SMILES string of the molecule is FC(F)(F)c1cccc(-c2nc(N3CCN(Cc4ccc5c(c4)OCO5)CC3)c3cc(Cl)ccc3n2)c1. The van der Waals surface area contributed by atoms with Crippen LogP contribution in [0.4, 0.5) is 19.0 Å². The topological polar surface area (TPSA) is 50.7 Å². The first-order valence-electron chi connectivity index (χ1n) is 11.8. The van der Waals surface area contributed by atoms with E-state index in [0.29, 0.717) is 35.0 Å². The van der Waals surface area contributed by atoms with Gasteiger partial charge in [-0.25, -0.2) is 9.97 Å². The van der Waals surface area contributed by atoms with E-state index < -0.39 is 11.7 Å². The van der Waals surface area contributed by atoms with Crippen molar-refractivity contribution in [2.45, 2.75) is 12.7 Å². The summed E-state index contributed by atoms with van der Waals surface area (Å²) in [6, 6.07) is 16.4. The first-order chi connectivity index (χ1) is 17.8. The lowest BCUT2D eigenvalue weighted by atomic mass is 10.1. The Labute approximate surface area is 216 Å². The average molecular weight is 527 g/mol. The van der Waals surface area contributed by atoms with Crippen molar-refractivity contribution in [1.29, 1.82) is 0 Å². The van der Waals surface area contributed by atoms with Crippen molar-refractivity contribution >= 4 is 28.3 Å². The minimum atomic E-state index is -4.45. The molecule has 6 nitrogen and oxygen atoms in total. The van der Waals surface area contributed by atoms with Crippen LogP contribution in [0.1, 0.15) is 11.1 Å². The lowest BCUT2D eigenvalue weighted by Crippen LogP contribution is -2.46. The summed E-state index contributed by atoms with van der Waals surface area (Å²) in [4.78, 5) is 13.8. The fraction of sp³-hybridized carbons (Fsp3) is 0.259. The van der Waals surface area contributed by atoms with Gasteiger partial charge in [-0.05, 0) is 48.0 Å². The summed E-state index contributed by atoms with van der Waals surface area (Å²) in [5.74, 6) is 2.45. The monoisotopic (exact) mass is 526 g/mol. The third-order valence-corrected chi connectivity index (χ3v) is 6.84. The molecule has 0 unspecified atom stereocenters. The maximum absolute atomic E-state index is 13.3. The number of hydrogen-bond donors (Lipinski definition) is 0. The third-order valence-electron chi connectivity index (χ3n) is 6.60. The van der Waals surface area contributed by atoms with Crippen LogP contribution in [0.25, 0.3) is 22.3 Å². The lowest BCUT2D eigenvalue weighted by Gasteiger charge is -2.36. The summed E-state index contributed by atoms with van der Waals surface area (Å²) < 4.78 is 50.9. The van der Waals surface area contributed by atoms with Crippen LogP contribution in [0.2, 0.25) is 5.02 Å². The van der Waals surface area contributed by atoms with Gasteiger partial charge in [-0.2, -0.15) is 13.2 Å². The fourth-order valence-electron chi connectivity index (χ4n) is 4.70. The van der Waals surface area contributed by atoms with Crippen LogP contribution in [-0.2, 0) is 12.7 Å². The Balaban J connectivity index is 1.27. The van der Waals surface area contributed by atoms with E-state index in [2.05, 4.69) is 14.8 Å². The molecule has 0 N–H and O–H groups in total.